The highest BCUT2D eigenvalue weighted by atomic mass is 16.2. The summed E-state index contributed by atoms with van der Waals surface area (Å²) in [5, 5.41) is 5.92. The number of benzene rings is 2. The van der Waals surface area contributed by atoms with Crippen LogP contribution in [0.3, 0.4) is 0 Å². The highest BCUT2D eigenvalue weighted by Gasteiger charge is 2.28. The zero-order chi connectivity index (χ0) is 20.0. The highest BCUT2D eigenvalue weighted by molar-refractivity contribution is 6.08. The first-order chi connectivity index (χ1) is 13.5. The highest BCUT2D eigenvalue weighted by Crippen LogP contribution is 2.21. The van der Waals surface area contributed by atoms with Crippen LogP contribution in [-0.2, 0) is 0 Å². The number of hydrogen-bond donors (Lipinski definition) is 2. The van der Waals surface area contributed by atoms with E-state index < -0.39 is 0 Å². The summed E-state index contributed by atoms with van der Waals surface area (Å²) < 4.78 is 0. The first-order valence-electron chi connectivity index (χ1n) is 9.96. The molecular formula is C23H29N3O2. The van der Waals surface area contributed by atoms with Crippen molar-refractivity contribution in [2.24, 2.45) is 0 Å². The Balaban J connectivity index is 1.66. The number of amides is 2. The molecule has 1 heterocycles. The summed E-state index contributed by atoms with van der Waals surface area (Å²) in [6.07, 6.45) is 3.71. The van der Waals surface area contributed by atoms with Crippen LogP contribution < -0.4 is 10.6 Å². The van der Waals surface area contributed by atoms with Gasteiger partial charge in [-0.25, -0.2) is 0 Å². The van der Waals surface area contributed by atoms with E-state index in [1.165, 1.54) is 19.3 Å². The molecule has 2 aromatic carbocycles. The number of piperidine rings is 1. The molecule has 2 N–H and O–H groups in total. The maximum atomic E-state index is 12.8. The van der Waals surface area contributed by atoms with E-state index in [2.05, 4.69) is 29.4 Å². The minimum atomic E-state index is -0.227. The van der Waals surface area contributed by atoms with Crippen molar-refractivity contribution in [3.63, 3.8) is 0 Å². The van der Waals surface area contributed by atoms with E-state index in [0.717, 1.165) is 13.1 Å². The molecule has 0 aromatic heterocycles. The summed E-state index contributed by atoms with van der Waals surface area (Å²) in [5.74, 6) is -0.399. The second-order valence-corrected chi connectivity index (χ2v) is 7.91. The van der Waals surface area contributed by atoms with Crippen LogP contribution in [0.5, 0.6) is 0 Å². The van der Waals surface area contributed by atoms with Gasteiger partial charge in [0.15, 0.2) is 0 Å². The maximum absolute atomic E-state index is 12.8. The third-order valence-corrected chi connectivity index (χ3v) is 5.35. The molecule has 1 aliphatic rings. The third kappa shape index (κ3) is 4.98. The van der Waals surface area contributed by atoms with Crippen molar-refractivity contribution in [3.8, 4) is 0 Å². The lowest BCUT2D eigenvalue weighted by Crippen LogP contribution is -2.53. The Labute approximate surface area is 167 Å². The Bertz CT molecular complexity index is 812. The second-order valence-electron chi connectivity index (χ2n) is 7.91. The molecule has 0 atom stereocenters. The van der Waals surface area contributed by atoms with Gasteiger partial charge in [-0.05, 0) is 64.0 Å². The fourth-order valence-electron chi connectivity index (χ4n) is 3.58. The fourth-order valence-corrected chi connectivity index (χ4v) is 3.58. The zero-order valence-electron chi connectivity index (χ0n) is 16.7. The number of nitrogens with zero attached hydrogens (tertiary/aromatic N) is 1. The van der Waals surface area contributed by atoms with Crippen LogP contribution in [0.1, 0.15) is 53.8 Å². The van der Waals surface area contributed by atoms with Crippen LogP contribution in [0, 0.1) is 0 Å². The number of para-hydroxylation sites is 1. The van der Waals surface area contributed by atoms with Crippen LogP contribution >= 0.6 is 0 Å². The number of rotatable bonds is 6. The van der Waals surface area contributed by atoms with Gasteiger partial charge in [-0.3, -0.25) is 14.5 Å². The summed E-state index contributed by atoms with van der Waals surface area (Å²) in [7, 11) is 0. The van der Waals surface area contributed by atoms with Gasteiger partial charge in [-0.2, -0.15) is 0 Å². The molecular weight excluding hydrogens is 350 g/mol. The van der Waals surface area contributed by atoms with E-state index in [0.29, 0.717) is 23.4 Å². The van der Waals surface area contributed by atoms with Crippen LogP contribution in [0.25, 0.3) is 0 Å². The van der Waals surface area contributed by atoms with Gasteiger partial charge in [0, 0.05) is 17.6 Å². The molecule has 3 rings (SSSR count). The monoisotopic (exact) mass is 379 g/mol. The molecule has 2 aromatic rings. The van der Waals surface area contributed by atoms with Gasteiger partial charge in [0.05, 0.1) is 11.3 Å². The average Bonchev–Trinajstić information content (AvgIpc) is 2.74. The smallest absolute Gasteiger partial charge is 0.255 e. The predicted octanol–water partition coefficient (Wildman–Crippen LogP) is 3.93. The molecule has 0 aliphatic carbocycles. The molecule has 5 heteroatoms. The Hall–Kier alpha value is -2.66. The third-order valence-electron chi connectivity index (χ3n) is 5.35. The van der Waals surface area contributed by atoms with Crippen molar-refractivity contribution >= 4 is 17.5 Å². The first kappa shape index (κ1) is 20.1. The van der Waals surface area contributed by atoms with E-state index >= 15 is 0 Å². The molecule has 5 nitrogen and oxygen atoms in total. The fraction of sp³-hybridized carbons (Fsp3) is 0.391. The summed E-state index contributed by atoms with van der Waals surface area (Å²) >= 11 is 0. The van der Waals surface area contributed by atoms with Gasteiger partial charge < -0.3 is 10.6 Å². The lowest BCUT2D eigenvalue weighted by Gasteiger charge is -2.41. The van der Waals surface area contributed by atoms with E-state index in [-0.39, 0.29) is 17.4 Å². The van der Waals surface area contributed by atoms with Gasteiger partial charge >= 0.3 is 0 Å². The number of hydrogen-bond acceptors (Lipinski definition) is 3. The van der Waals surface area contributed by atoms with Crippen LogP contribution in [-0.4, -0.2) is 41.9 Å². The molecule has 1 fully saturated rings. The molecule has 0 radical (unpaired) electrons. The Morgan fingerprint density at radius 3 is 2.25 bits per heavy atom. The second kappa shape index (κ2) is 9.02. The number of carbonyl (C=O) groups is 2. The van der Waals surface area contributed by atoms with Crippen LogP contribution in [0.2, 0.25) is 0 Å². The Kier molecular flexibility index (Phi) is 6.47. The normalized spacial score (nSPS) is 15.1. The minimum Gasteiger partial charge on any atom is -0.350 e. The molecule has 0 saturated carbocycles. The lowest BCUT2D eigenvalue weighted by molar-refractivity contribution is 0.0798. The van der Waals surface area contributed by atoms with E-state index in [1.54, 1.807) is 24.3 Å². The van der Waals surface area contributed by atoms with Crippen molar-refractivity contribution in [2.75, 3.05) is 25.0 Å². The number of nitrogens with one attached hydrogen (secondary N) is 2. The molecule has 28 heavy (non-hydrogen) atoms. The largest absolute Gasteiger partial charge is 0.350 e. The zero-order valence-corrected chi connectivity index (χ0v) is 16.7. The van der Waals surface area contributed by atoms with Crippen molar-refractivity contribution in [3.05, 3.63) is 65.7 Å². The minimum absolute atomic E-state index is 0.0989. The Morgan fingerprint density at radius 2 is 1.54 bits per heavy atom. The summed E-state index contributed by atoms with van der Waals surface area (Å²) in [5.41, 5.74) is 1.45. The number of anilines is 1. The van der Waals surface area contributed by atoms with Gasteiger partial charge in [0.25, 0.3) is 11.8 Å². The van der Waals surface area contributed by atoms with Crippen molar-refractivity contribution in [2.45, 2.75) is 38.6 Å². The van der Waals surface area contributed by atoms with Gasteiger partial charge in [-0.1, -0.05) is 36.8 Å². The van der Waals surface area contributed by atoms with Gasteiger partial charge in [0.1, 0.15) is 0 Å². The van der Waals surface area contributed by atoms with E-state index in [4.69, 9.17) is 0 Å². The number of carbonyl (C=O) groups excluding carboxylic acids is 2. The number of likely N-dealkylation sites (tertiary alicyclic amines) is 1. The molecule has 0 unspecified atom stereocenters. The molecule has 1 saturated heterocycles. The van der Waals surface area contributed by atoms with E-state index in [9.17, 15) is 9.59 Å². The Morgan fingerprint density at radius 1 is 0.893 bits per heavy atom. The van der Waals surface area contributed by atoms with Crippen molar-refractivity contribution < 1.29 is 9.59 Å². The standard InChI is InChI=1S/C23H29N3O2/c1-23(2,26-15-9-4-10-16-26)17-24-22(28)19-13-7-8-14-20(19)25-21(27)18-11-5-3-6-12-18/h3,5-8,11-14H,4,9-10,15-17H2,1-2H3,(H,24,28)(H,25,27). The van der Waals surface area contributed by atoms with Crippen molar-refractivity contribution in [1.82, 2.24) is 10.2 Å². The molecule has 148 valence electrons. The summed E-state index contributed by atoms with van der Waals surface area (Å²) in [4.78, 5) is 27.7. The predicted molar refractivity (Wildman–Crippen MR) is 113 cm³/mol. The summed E-state index contributed by atoms with van der Waals surface area (Å²) in [6.45, 7) is 7.05. The van der Waals surface area contributed by atoms with E-state index in [1.807, 2.05) is 30.3 Å². The van der Waals surface area contributed by atoms with Crippen LogP contribution in [0.4, 0.5) is 5.69 Å². The van der Waals surface area contributed by atoms with Crippen molar-refractivity contribution in [1.29, 1.82) is 0 Å². The van der Waals surface area contributed by atoms with Gasteiger partial charge in [0.2, 0.25) is 0 Å². The quantitative estimate of drug-likeness (QED) is 0.799. The topological polar surface area (TPSA) is 61.4 Å². The van der Waals surface area contributed by atoms with Gasteiger partial charge in [-0.15, -0.1) is 0 Å². The molecule has 1 aliphatic heterocycles. The average molecular weight is 380 g/mol. The van der Waals surface area contributed by atoms with Crippen LogP contribution in [0.15, 0.2) is 54.6 Å². The summed E-state index contributed by atoms with van der Waals surface area (Å²) in [6, 6.07) is 16.1. The SMILES string of the molecule is CC(C)(CNC(=O)c1ccccc1NC(=O)c1ccccc1)N1CCCCC1. The maximum Gasteiger partial charge on any atom is 0.255 e. The first-order valence-corrected chi connectivity index (χ1v) is 9.96. The molecule has 2 amide bonds. The molecule has 0 bridgehead atoms. The molecule has 0 spiro atoms. The lowest BCUT2D eigenvalue weighted by atomic mass is 9.98.